The molecule has 3 aromatic rings. The van der Waals surface area contributed by atoms with Gasteiger partial charge in [0, 0.05) is 50.4 Å². The van der Waals surface area contributed by atoms with Crippen LogP contribution in [0.5, 0.6) is 0 Å². The van der Waals surface area contributed by atoms with Crippen molar-refractivity contribution in [1.82, 2.24) is 10.2 Å². The standard InChI is InChI=1S/C29H30Cl4N2O2S/c1-3-19(2)34-29(37)27(14-20-8-5-4-6-9-20)35(16-23-24(31)10-7-11-25(23)32)28(36)18-38-17-21-12-13-22(30)15-26(21)33/h4-13,15,19,27H,3,14,16-18H2,1-2H3,(H,34,37). The van der Waals surface area contributed by atoms with Crippen LogP contribution in [0, 0.1) is 0 Å². The van der Waals surface area contributed by atoms with Gasteiger partial charge < -0.3 is 10.2 Å². The molecule has 0 aromatic heterocycles. The first kappa shape index (κ1) is 30.6. The molecule has 3 rings (SSSR count). The first-order valence-corrected chi connectivity index (χ1v) is 14.9. The number of carbonyl (C=O) groups is 2. The lowest BCUT2D eigenvalue weighted by molar-refractivity contribution is -0.139. The summed E-state index contributed by atoms with van der Waals surface area (Å²) in [5.41, 5.74) is 2.43. The Labute approximate surface area is 249 Å². The Kier molecular flexibility index (Phi) is 12.1. The maximum Gasteiger partial charge on any atom is 0.243 e. The van der Waals surface area contributed by atoms with Crippen molar-refractivity contribution in [2.75, 3.05) is 5.75 Å². The van der Waals surface area contributed by atoms with Gasteiger partial charge in [0.15, 0.2) is 0 Å². The van der Waals surface area contributed by atoms with Crippen molar-refractivity contribution in [3.63, 3.8) is 0 Å². The van der Waals surface area contributed by atoms with Crippen molar-refractivity contribution in [3.05, 3.63) is 104 Å². The molecule has 9 heteroatoms. The average molecular weight is 612 g/mol. The van der Waals surface area contributed by atoms with Gasteiger partial charge in [0.05, 0.1) is 5.75 Å². The van der Waals surface area contributed by atoms with Crippen LogP contribution in [0.25, 0.3) is 0 Å². The van der Waals surface area contributed by atoms with Crippen LogP contribution in [0.3, 0.4) is 0 Å². The van der Waals surface area contributed by atoms with Crippen LogP contribution in [-0.2, 0) is 28.3 Å². The summed E-state index contributed by atoms with van der Waals surface area (Å²) in [7, 11) is 0. The van der Waals surface area contributed by atoms with Crippen molar-refractivity contribution in [2.45, 2.75) is 51.1 Å². The molecule has 2 amide bonds. The monoisotopic (exact) mass is 610 g/mol. The van der Waals surface area contributed by atoms with Crippen LogP contribution < -0.4 is 5.32 Å². The highest BCUT2D eigenvalue weighted by Crippen LogP contribution is 2.29. The number of nitrogens with one attached hydrogen (secondary N) is 1. The molecule has 0 aliphatic rings. The van der Waals surface area contributed by atoms with Gasteiger partial charge >= 0.3 is 0 Å². The molecule has 2 unspecified atom stereocenters. The SMILES string of the molecule is CCC(C)NC(=O)C(Cc1ccccc1)N(Cc1c(Cl)cccc1Cl)C(=O)CSCc1ccc(Cl)cc1Cl. The first-order valence-electron chi connectivity index (χ1n) is 12.3. The average Bonchev–Trinajstić information content (AvgIpc) is 2.89. The molecule has 0 saturated heterocycles. The van der Waals surface area contributed by atoms with Gasteiger partial charge in [-0.05, 0) is 48.7 Å². The summed E-state index contributed by atoms with van der Waals surface area (Å²) < 4.78 is 0. The molecule has 38 heavy (non-hydrogen) atoms. The van der Waals surface area contributed by atoms with Crippen LogP contribution in [0.15, 0.2) is 66.7 Å². The molecule has 0 bridgehead atoms. The van der Waals surface area contributed by atoms with Gasteiger partial charge in [-0.25, -0.2) is 0 Å². The Morgan fingerprint density at radius 3 is 2.24 bits per heavy atom. The zero-order valence-electron chi connectivity index (χ0n) is 21.2. The normalized spacial score (nSPS) is 12.6. The molecule has 2 atom stereocenters. The second kappa shape index (κ2) is 15.0. The quantitative estimate of drug-likeness (QED) is 0.225. The minimum atomic E-state index is -0.758. The fraction of sp³-hybridized carbons (Fsp3) is 0.310. The lowest BCUT2D eigenvalue weighted by Crippen LogP contribution is -2.52. The van der Waals surface area contributed by atoms with Crippen LogP contribution in [0.2, 0.25) is 20.1 Å². The maximum absolute atomic E-state index is 13.8. The third-order valence-corrected chi connectivity index (χ3v) is 8.42. The first-order chi connectivity index (χ1) is 18.2. The van der Waals surface area contributed by atoms with Gasteiger partial charge in [-0.1, -0.05) is 95.8 Å². The van der Waals surface area contributed by atoms with Gasteiger partial charge in [-0.2, -0.15) is 0 Å². The van der Waals surface area contributed by atoms with E-state index in [1.165, 1.54) is 11.8 Å². The molecule has 4 nitrogen and oxygen atoms in total. The van der Waals surface area contributed by atoms with Crippen molar-refractivity contribution in [2.24, 2.45) is 0 Å². The highest BCUT2D eigenvalue weighted by Gasteiger charge is 2.31. The summed E-state index contributed by atoms with van der Waals surface area (Å²) in [5, 5.41) is 5.04. The largest absolute Gasteiger partial charge is 0.352 e. The molecule has 0 heterocycles. The summed E-state index contributed by atoms with van der Waals surface area (Å²) in [5.74, 6) is 0.245. The number of carbonyl (C=O) groups excluding carboxylic acids is 2. The number of rotatable bonds is 12. The van der Waals surface area contributed by atoms with Gasteiger partial charge in [0.1, 0.15) is 6.04 Å². The number of benzene rings is 3. The summed E-state index contributed by atoms with van der Waals surface area (Å²) in [6, 6.07) is 19.4. The fourth-order valence-corrected chi connectivity index (χ4v) is 5.80. The second-order valence-electron chi connectivity index (χ2n) is 8.97. The maximum atomic E-state index is 13.8. The van der Waals surface area contributed by atoms with Crippen LogP contribution in [-0.4, -0.2) is 34.6 Å². The summed E-state index contributed by atoms with van der Waals surface area (Å²) in [6.45, 7) is 4.05. The second-order valence-corrected chi connectivity index (χ2v) is 11.6. The fourth-order valence-electron chi connectivity index (χ4n) is 3.82. The van der Waals surface area contributed by atoms with E-state index in [1.54, 1.807) is 35.2 Å². The lowest BCUT2D eigenvalue weighted by atomic mass is 10.0. The molecule has 0 aliphatic heterocycles. The zero-order valence-corrected chi connectivity index (χ0v) is 25.1. The predicted octanol–water partition coefficient (Wildman–Crippen LogP) is 8.09. The molecular weight excluding hydrogens is 582 g/mol. The van der Waals surface area contributed by atoms with Crippen molar-refractivity contribution < 1.29 is 9.59 Å². The van der Waals surface area contributed by atoms with E-state index in [0.717, 1.165) is 17.5 Å². The predicted molar refractivity (Wildman–Crippen MR) is 161 cm³/mol. The van der Waals surface area contributed by atoms with Gasteiger partial charge in [-0.15, -0.1) is 11.8 Å². The van der Waals surface area contributed by atoms with Crippen molar-refractivity contribution in [1.29, 1.82) is 0 Å². The van der Waals surface area contributed by atoms with Crippen molar-refractivity contribution >= 4 is 70.0 Å². The smallest absolute Gasteiger partial charge is 0.243 e. The van der Waals surface area contributed by atoms with E-state index in [9.17, 15) is 9.59 Å². The lowest BCUT2D eigenvalue weighted by Gasteiger charge is -2.32. The van der Waals surface area contributed by atoms with Crippen LogP contribution >= 0.6 is 58.2 Å². The molecule has 0 aliphatic carbocycles. The van der Waals surface area contributed by atoms with E-state index in [2.05, 4.69) is 5.32 Å². The van der Waals surface area contributed by atoms with Crippen LogP contribution in [0.4, 0.5) is 0 Å². The third-order valence-electron chi connectivity index (χ3n) is 6.16. The van der Waals surface area contributed by atoms with Crippen LogP contribution in [0.1, 0.15) is 37.0 Å². The zero-order chi connectivity index (χ0) is 27.7. The Balaban J connectivity index is 1.91. The number of hydrogen-bond acceptors (Lipinski definition) is 3. The topological polar surface area (TPSA) is 49.4 Å². The molecular formula is C29H30Cl4N2O2S. The number of halogens is 4. The number of hydrogen-bond donors (Lipinski definition) is 1. The molecule has 0 spiro atoms. The third kappa shape index (κ3) is 8.82. The van der Waals surface area contributed by atoms with E-state index in [-0.39, 0.29) is 30.2 Å². The highest BCUT2D eigenvalue weighted by atomic mass is 35.5. The van der Waals surface area contributed by atoms with Gasteiger partial charge in [0.25, 0.3) is 0 Å². The number of amides is 2. The molecule has 202 valence electrons. The molecule has 0 fully saturated rings. The Morgan fingerprint density at radius 2 is 1.61 bits per heavy atom. The van der Waals surface area contributed by atoms with E-state index in [1.807, 2.05) is 50.2 Å². The minimum absolute atomic E-state index is 0.0388. The molecule has 0 saturated carbocycles. The summed E-state index contributed by atoms with van der Waals surface area (Å²) >= 11 is 26.7. The van der Waals surface area contributed by atoms with Crippen molar-refractivity contribution in [3.8, 4) is 0 Å². The van der Waals surface area contributed by atoms with E-state index in [4.69, 9.17) is 46.4 Å². The summed E-state index contributed by atoms with van der Waals surface area (Å²) in [4.78, 5) is 29.0. The van der Waals surface area contributed by atoms with Gasteiger partial charge in [0.2, 0.25) is 11.8 Å². The Hall–Kier alpha value is -1.89. The molecule has 1 N–H and O–H groups in total. The Morgan fingerprint density at radius 1 is 0.921 bits per heavy atom. The van der Waals surface area contributed by atoms with E-state index < -0.39 is 6.04 Å². The number of nitrogens with zero attached hydrogens (tertiary/aromatic N) is 1. The Bertz CT molecular complexity index is 1220. The molecule has 0 radical (unpaired) electrons. The van der Waals surface area contributed by atoms with E-state index in [0.29, 0.717) is 37.8 Å². The number of thioether (sulfide) groups is 1. The van der Waals surface area contributed by atoms with E-state index >= 15 is 0 Å². The summed E-state index contributed by atoms with van der Waals surface area (Å²) in [6.07, 6.45) is 1.12. The van der Waals surface area contributed by atoms with Gasteiger partial charge in [-0.3, -0.25) is 9.59 Å². The molecule has 3 aromatic carbocycles. The minimum Gasteiger partial charge on any atom is -0.352 e. The highest BCUT2D eigenvalue weighted by molar-refractivity contribution is 7.99.